The predicted octanol–water partition coefficient (Wildman–Crippen LogP) is 0.921. The Morgan fingerprint density at radius 2 is 2.33 bits per heavy atom. The lowest BCUT2D eigenvalue weighted by molar-refractivity contribution is 0.282. The normalized spacial score (nSPS) is 11.8. The Balaban J connectivity index is 2.47. The Kier molecular flexibility index (Phi) is 4.51. The van der Waals surface area contributed by atoms with E-state index >= 15 is 0 Å². The van der Waals surface area contributed by atoms with Crippen LogP contribution < -0.4 is 5.32 Å². The van der Waals surface area contributed by atoms with Crippen LogP contribution in [0.5, 0.6) is 0 Å². The van der Waals surface area contributed by atoms with Gasteiger partial charge in [0, 0.05) is 12.6 Å². The summed E-state index contributed by atoms with van der Waals surface area (Å²) in [5.74, 6) is 0.652. The summed E-state index contributed by atoms with van der Waals surface area (Å²) in [4.78, 5) is 7.93. The molecular formula is C10H14N4O. The standard InChI is InChI=1S/C10H14N4O/c1-8(3-2-4-15)14-10-7-12-9(5-11)6-13-10/h6-8,15H,2-4H2,1H3,(H,13,14). The summed E-state index contributed by atoms with van der Waals surface area (Å²) in [7, 11) is 0. The molecule has 0 saturated carbocycles. The number of hydrogen-bond donors (Lipinski definition) is 2. The smallest absolute Gasteiger partial charge is 0.158 e. The second-order valence-electron chi connectivity index (χ2n) is 3.31. The van der Waals surface area contributed by atoms with Crippen LogP contribution >= 0.6 is 0 Å². The number of anilines is 1. The van der Waals surface area contributed by atoms with Gasteiger partial charge in [-0.15, -0.1) is 0 Å². The van der Waals surface area contributed by atoms with Crippen molar-refractivity contribution < 1.29 is 5.11 Å². The van der Waals surface area contributed by atoms with Gasteiger partial charge in [-0.1, -0.05) is 0 Å². The van der Waals surface area contributed by atoms with Crippen LogP contribution in [0.4, 0.5) is 5.82 Å². The van der Waals surface area contributed by atoms with Crippen molar-refractivity contribution in [1.29, 1.82) is 5.26 Å². The van der Waals surface area contributed by atoms with Gasteiger partial charge in [0.15, 0.2) is 5.69 Å². The molecule has 5 heteroatoms. The number of nitriles is 1. The maximum absolute atomic E-state index is 8.66. The first-order chi connectivity index (χ1) is 7.26. The largest absolute Gasteiger partial charge is 0.396 e. The minimum atomic E-state index is 0.199. The molecule has 0 amide bonds. The molecule has 0 radical (unpaired) electrons. The first-order valence-corrected chi connectivity index (χ1v) is 4.86. The van der Waals surface area contributed by atoms with Crippen LogP contribution in [0.3, 0.4) is 0 Å². The van der Waals surface area contributed by atoms with Crippen molar-refractivity contribution in [2.45, 2.75) is 25.8 Å². The van der Waals surface area contributed by atoms with Crippen LogP contribution in [0.1, 0.15) is 25.5 Å². The van der Waals surface area contributed by atoms with E-state index in [0.717, 1.165) is 12.8 Å². The molecule has 1 aromatic heterocycles. The first-order valence-electron chi connectivity index (χ1n) is 4.86. The van der Waals surface area contributed by atoms with Gasteiger partial charge < -0.3 is 10.4 Å². The quantitative estimate of drug-likeness (QED) is 0.748. The predicted molar refractivity (Wildman–Crippen MR) is 56.2 cm³/mol. The molecule has 0 bridgehead atoms. The van der Waals surface area contributed by atoms with Gasteiger partial charge in [0.2, 0.25) is 0 Å². The molecule has 0 aliphatic rings. The molecule has 0 saturated heterocycles. The van der Waals surface area contributed by atoms with Crippen molar-refractivity contribution in [3.63, 3.8) is 0 Å². The maximum atomic E-state index is 8.66. The van der Waals surface area contributed by atoms with Gasteiger partial charge in [0.05, 0.1) is 12.4 Å². The van der Waals surface area contributed by atoms with Gasteiger partial charge in [0.1, 0.15) is 11.9 Å². The second-order valence-corrected chi connectivity index (χ2v) is 3.31. The van der Waals surface area contributed by atoms with Gasteiger partial charge in [-0.2, -0.15) is 5.26 Å². The topological polar surface area (TPSA) is 81.8 Å². The number of hydrogen-bond acceptors (Lipinski definition) is 5. The zero-order chi connectivity index (χ0) is 11.1. The minimum absolute atomic E-state index is 0.199. The summed E-state index contributed by atoms with van der Waals surface area (Å²) in [6.07, 6.45) is 4.60. The summed E-state index contributed by atoms with van der Waals surface area (Å²) < 4.78 is 0. The molecule has 15 heavy (non-hydrogen) atoms. The minimum Gasteiger partial charge on any atom is -0.396 e. The summed E-state index contributed by atoms with van der Waals surface area (Å²) in [5, 5.41) is 20.3. The third-order valence-electron chi connectivity index (χ3n) is 1.96. The van der Waals surface area contributed by atoms with E-state index < -0.39 is 0 Å². The van der Waals surface area contributed by atoms with Crippen LogP contribution in [0.2, 0.25) is 0 Å². The Morgan fingerprint density at radius 1 is 1.53 bits per heavy atom. The molecule has 0 aliphatic heterocycles. The van der Waals surface area contributed by atoms with Crippen molar-refractivity contribution in [3.8, 4) is 6.07 Å². The van der Waals surface area contributed by atoms with Crippen molar-refractivity contribution in [2.24, 2.45) is 0 Å². The van der Waals surface area contributed by atoms with Crippen molar-refractivity contribution in [1.82, 2.24) is 9.97 Å². The van der Waals surface area contributed by atoms with Gasteiger partial charge >= 0.3 is 0 Å². The molecule has 0 aromatic carbocycles. The highest BCUT2D eigenvalue weighted by molar-refractivity contribution is 5.33. The fraction of sp³-hybridized carbons (Fsp3) is 0.500. The van der Waals surface area contributed by atoms with Crippen LogP contribution in [-0.2, 0) is 0 Å². The Bertz CT molecular complexity index is 330. The van der Waals surface area contributed by atoms with Crippen molar-refractivity contribution in [2.75, 3.05) is 11.9 Å². The molecule has 0 fully saturated rings. The lowest BCUT2D eigenvalue weighted by Crippen LogP contribution is -2.16. The third kappa shape index (κ3) is 3.92. The van der Waals surface area contributed by atoms with E-state index in [1.807, 2.05) is 13.0 Å². The van der Waals surface area contributed by atoms with Gasteiger partial charge in [-0.25, -0.2) is 9.97 Å². The van der Waals surface area contributed by atoms with Crippen LogP contribution in [0, 0.1) is 11.3 Å². The van der Waals surface area contributed by atoms with Crippen LogP contribution in [-0.4, -0.2) is 27.7 Å². The molecular weight excluding hydrogens is 192 g/mol. The van der Waals surface area contributed by atoms with Gasteiger partial charge in [-0.3, -0.25) is 0 Å². The van der Waals surface area contributed by atoms with Crippen molar-refractivity contribution >= 4 is 5.82 Å². The number of aromatic nitrogens is 2. The lowest BCUT2D eigenvalue weighted by Gasteiger charge is -2.12. The highest BCUT2D eigenvalue weighted by atomic mass is 16.2. The zero-order valence-electron chi connectivity index (χ0n) is 8.64. The molecule has 1 heterocycles. The van der Waals surface area contributed by atoms with Crippen molar-refractivity contribution in [3.05, 3.63) is 18.1 Å². The summed E-state index contributed by atoms with van der Waals surface area (Å²) >= 11 is 0. The molecule has 0 aliphatic carbocycles. The van der Waals surface area contributed by atoms with E-state index in [1.54, 1.807) is 0 Å². The molecule has 1 rings (SSSR count). The number of aliphatic hydroxyl groups is 1. The number of nitrogens with one attached hydrogen (secondary N) is 1. The SMILES string of the molecule is CC(CCCO)Nc1cnc(C#N)cn1. The monoisotopic (exact) mass is 206 g/mol. The van der Waals surface area contributed by atoms with E-state index in [-0.39, 0.29) is 12.6 Å². The van der Waals surface area contributed by atoms with Crippen LogP contribution in [0.15, 0.2) is 12.4 Å². The van der Waals surface area contributed by atoms with E-state index in [4.69, 9.17) is 10.4 Å². The summed E-state index contributed by atoms with van der Waals surface area (Å²) in [6, 6.07) is 2.14. The number of aliphatic hydroxyl groups excluding tert-OH is 1. The molecule has 1 atom stereocenters. The number of rotatable bonds is 5. The van der Waals surface area contributed by atoms with E-state index in [0.29, 0.717) is 11.5 Å². The average Bonchev–Trinajstić information content (AvgIpc) is 2.27. The average molecular weight is 206 g/mol. The summed E-state index contributed by atoms with van der Waals surface area (Å²) in [5.41, 5.74) is 0.309. The molecule has 5 nitrogen and oxygen atoms in total. The maximum Gasteiger partial charge on any atom is 0.158 e. The fourth-order valence-corrected chi connectivity index (χ4v) is 1.18. The summed E-state index contributed by atoms with van der Waals surface area (Å²) in [6.45, 7) is 2.21. The molecule has 0 spiro atoms. The zero-order valence-corrected chi connectivity index (χ0v) is 8.64. The highest BCUT2D eigenvalue weighted by Crippen LogP contribution is 2.05. The fourth-order valence-electron chi connectivity index (χ4n) is 1.18. The third-order valence-corrected chi connectivity index (χ3v) is 1.96. The molecule has 2 N–H and O–H groups in total. The molecule has 1 unspecified atom stereocenters. The van der Waals surface area contributed by atoms with Crippen LogP contribution in [0.25, 0.3) is 0 Å². The molecule has 1 aromatic rings. The number of nitrogens with zero attached hydrogens (tertiary/aromatic N) is 3. The first kappa shape index (κ1) is 11.4. The van der Waals surface area contributed by atoms with Gasteiger partial charge in [-0.05, 0) is 19.8 Å². The second kappa shape index (κ2) is 5.94. The van der Waals surface area contributed by atoms with Gasteiger partial charge in [0.25, 0.3) is 0 Å². The Labute approximate surface area is 88.8 Å². The highest BCUT2D eigenvalue weighted by Gasteiger charge is 2.02. The van der Waals surface area contributed by atoms with E-state index in [1.165, 1.54) is 12.4 Å². The molecule has 80 valence electrons. The lowest BCUT2D eigenvalue weighted by atomic mass is 10.2. The van der Waals surface area contributed by atoms with E-state index in [2.05, 4.69) is 15.3 Å². The Morgan fingerprint density at radius 3 is 2.87 bits per heavy atom. The Hall–Kier alpha value is -1.67. The van der Waals surface area contributed by atoms with E-state index in [9.17, 15) is 0 Å².